The summed E-state index contributed by atoms with van der Waals surface area (Å²) < 4.78 is 0. The van der Waals surface area contributed by atoms with Gasteiger partial charge in [0.15, 0.2) is 6.29 Å². The van der Waals surface area contributed by atoms with E-state index in [-0.39, 0.29) is 0 Å². The Hall–Kier alpha value is -0.580. The van der Waals surface area contributed by atoms with Crippen molar-refractivity contribution in [2.24, 2.45) is 0 Å². The molecule has 0 fully saturated rings. The zero-order chi connectivity index (χ0) is 11.0. The molecule has 0 aromatic carbocycles. The fourth-order valence-corrected chi connectivity index (χ4v) is 1.78. The third kappa shape index (κ3) is 4.09. The van der Waals surface area contributed by atoms with E-state index in [1.165, 1.54) is 6.20 Å². The molecule has 1 rings (SSSR count). The Balaban J connectivity index is 0.000000791. The number of thioether (sulfide) groups is 1. The fourth-order valence-electron chi connectivity index (χ4n) is 0.791. The zero-order valence-corrected chi connectivity index (χ0v) is 9.60. The van der Waals surface area contributed by atoms with Crippen LogP contribution in [0.2, 0.25) is 5.02 Å². The molecule has 0 radical (unpaired) electrons. The van der Waals surface area contributed by atoms with Crippen molar-refractivity contribution in [1.82, 2.24) is 4.98 Å². The summed E-state index contributed by atoms with van der Waals surface area (Å²) in [6.45, 7) is 2.01. The normalized spacial score (nSPS) is 8.86. The standard InChI is InChI=1S/C8H8ClNOS.CH4O/c1-2-12-8-3-6(9)4-10-7(8)5-11;1-2/h3-5H,2H2,1H3;2H,1H3. The summed E-state index contributed by atoms with van der Waals surface area (Å²) in [4.78, 5) is 15.2. The van der Waals surface area contributed by atoms with Crippen LogP contribution in [-0.2, 0) is 0 Å². The number of hydrogen-bond acceptors (Lipinski definition) is 4. The highest BCUT2D eigenvalue weighted by Gasteiger charge is 2.02. The van der Waals surface area contributed by atoms with Crippen LogP contribution in [0.1, 0.15) is 17.4 Å². The first-order valence-electron chi connectivity index (χ1n) is 3.96. The molecule has 0 atom stereocenters. The number of halogens is 1. The third-order valence-electron chi connectivity index (χ3n) is 1.26. The third-order valence-corrected chi connectivity index (χ3v) is 2.39. The number of aliphatic hydroxyl groups excluding tert-OH is 1. The van der Waals surface area contributed by atoms with Crippen molar-refractivity contribution < 1.29 is 9.90 Å². The van der Waals surface area contributed by atoms with E-state index in [4.69, 9.17) is 16.7 Å². The van der Waals surface area contributed by atoms with E-state index in [9.17, 15) is 4.79 Å². The molecule has 1 N–H and O–H groups in total. The van der Waals surface area contributed by atoms with Crippen molar-refractivity contribution in [3.8, 4) is 0 Å². The minimum absolute atomic E-state index is 0.464. The van der Waals surface area contributed by atoms with Gasteiger partial charge in [-0.1, -0.05) is 18.5 Å². The highest BCUT2D eigenvalue weighted by Crippen LogP contribution is 2.22. The summed E-state index contributed by atoms with van der Waals surface area (Å²) in [6, 6.07) is 1.76. The molecule has 0 aliphatic heterocycles. The lowest BCUT2D eigenvalue weighted by molar-refractivity contribution is 0.111. The Morgan fingerprint density at radius 2 is 2.29 bits per heavy atom. The van der Waals surface area contributed by atoms with E-state index >= 15 is 0 Å². The van der Waals surface area contributed by atoms with Gasteiger partial charge in [0.25, 0.3) is 0 Å². The molecule has 0 bridgehead atoms. The van der Waals surface area contributed by atoms with Crippen LogP contribution in [0, 0.1) is 0 Å². The quantitative estimate of drug-likeness (QED) is 0.643. The Morgan fingerprint density at radius 3 is 2.79 bits per heavy atom. The highest BCUT2D eigenvalue weighted by atomic mass is 35.5. The minimum Gasteiger partial charge on any atom is -0.400 e. The molecule has 5 heteroatoms. The van der Waals surface area contributed by atoms with Gasteiger partial charge >= 0.3 is 0 Å². The predicted octanol–water partition coefficient (Wildman–Crippen LogP) is 2.27. The number of aliphatic hydroxyl groups is 1. The van der Waals surface area contributed by atoms with Gasteiger partial charge in [0.05, 0.1) is 5.02 Å². The molecule has 0 saturated carbocycles. The first-order chi connectivity index (χ1) is 6.77. The monoisotopic (exact) mass is 233 g/mol. The van der Waals surface area contributed by atoms with E-state index in [2.05, 4.69) is 4.98 Å². The first-order valence-corrected chi connectivity index (χ1v) is 5.32. The van der Waals surface area contributed by atoms with Crippen molar-refractivity contribution >= 4 is 29.6 Å². The van der Waals surface area contributed by atoms with Gasteiger partial charge in [0.2, 0.25) is 0 Å². The summed E-state index contributed by atoms with van der Waals surface area (Å²) in [7, 11) is 1.00. The van der Waals surface area contributed by atoms with Gasteiger partial charge in [-0.25, -0.2) is 0 Å². The van der Waals surface area contributed by atoms with Crippen molar-refractivity contribution in [2.45, 2.75) is 11.8 Å². The SMILES string of the molecule is CCSc1cc(Cl)cnc1C=O.CO. The van der Waals surface area contributed by atoms with Gasteiger partial charge in [-0.05, 0) is 11.8 Å². The van der Waals surface area contributed by atoms with Crippen LogP contribution >= 0.6 is 23.4 Å². The van der Waals surface area contributed by atoms with Gasteiger partial charge in [-0.2, -0.15) is 0 Å². The molecule has 0 aliphatic rings. The van der Waals surface area contributed by atoms with E-state index in [1.54, 1.807) is 17.8 Å². The van der Waals surface area contributed by atoms with Crippen LogP contribution < -0.4 is 0 Å². The van der Waals surface area contributed by atoms with Crippen molar-refractivity contribution in [2.75, 3.05) is 12.9 Å². The van der Waals surface area contributed by atoms with Crippen LogP contribution in [0.25, 0.3) is 0 Å². The molecule has 14 heavy (non-hydrogen) atoms. The number of rotatable bonds is 3. The lowest BCUT2D eigenvalue weighted by Crippen LogP contribution is -1.90. The molecule has 1 heterocycles. The lowest BCUT2D eigenvalue weighted by atomic mass is 10.4. The topological polar surface area (TPSA) is 50.2 Å². The zero-order valence-electron chi connectivity index (χ0n) is 8.03. The van der Waals surface area contributed by atoms with Crippen LogP contribution in [-0.4, -0.2) is 29.2 Å². The number of carbonyl (C=O) groups is 1. The first kappa shape index (κ1) is 13.4. The molecular formula is C9H12ClNO2S. The van der Waals surface area contributed by atoms with Gasteiger partial charge in [0, 0.05) is 18.2 Å². The Morgan fingerprint density at radius 1 is 1.64 bits per heavy atom. The number of aldehydes is 1. The smallest absolute Gasteiger partial charge is 0.169 e. The van der Waals surface area contributed by atoms with Gasteiger partial charge in [-0.15, -0.1) is 11.8 Å². The Bertz CT molecular complexity index is 294. The molecule has 1 aromatic rings. The van der Waals surface area contributed by atoms with Crippen LogP contribution in [0.3, 0.4) is 0 Å². The number of carbonyl (C=O) groups excluding carboxylic acids is 1. The Labute approximate surface area is 92.5 Å². The maximum Gasteiger partial charge on any atom is 0.169 e. The van der Waals surface area contributed by atoms with E-state index in [1.807, 2.05) is 6.92 Å². The molecule has 0 spiro atoms. The second-order valence-corrected chi connectivity index (χ2v) is 3.83. The maximum absolute atomic E-state index is 10.5. The average molecular weight is 234 g/mol. The second kappa shape index (κ2) is 7.79. The number of aromatic nitrogens is 1. The average Bonchev–Trinajstić information content (AvgIpc) is 2.22. The molecule has 3 nitrogen and oxygen atoms in total. The lowest BCUT2D eigenvalue weighted by Gasteiger charge is -2.00. The van der Waals surface area contributed by atoms with Crippen LogP contribution in [0.4, 0.5) is 0 Å². The Kier molecular flexibility index (Phi) is 7.47. The molecule has 0 amide bonds. The van der Waals surface area contributed by atoms with Gasteiger partial charge in [0.1, 0.15) is 5.69 Å². The van der Waals surface area contributed by atoms with Crippen LogP contribution in [0.15, 0.2) is 17.2 Å². The van der Waals surface area contributed by atoms with E-state index < -0.39 is 0 Å². The van der Waals surface area contributed by atoms with Crippen molar-refractivity contribution in [1.29, 1.82) is 0 Å². The molecule has 0 saturated heterocycles. The van der Waals surface area contributed by atoms with Gasteiger partial charge < -0.3 is 5.11 Å². The van der Waals surface area contributed by atoms with E-state index in [0.29, 0.717) is 10.7 Å². The summed E-state index contributed by atoms with van der Waals surface area (Å²) >= 11 is 7.28. The fraction of sp³-hybridized carbons (Fsp3) is 0.333. The highest BCUT2D eigenvalue weighted by molar-refractivity contribution is 7.99. The molecule has 0 aliphatic carbocycles. The number of nitrogens with zero attached hydrogens (tertiary/aromatic N) is 1. The minimum atomic E-state index is 0.464. The molecule has 0 unspecified atom stereocenters. The molecular weight excluding hydrogens is 222 g/mol. The van der Waals surface area contributed by atoms with Crippen molar-refractivity contribution in [3.63, 3.8) is 0 Å². The molecule has 78 valence electrons. The van der Waals surface area contributed by atoms with E-state index in [0.717, 1.165) is 24.0 Å². The number of pyridine rings is 1. The second-order valence-electron chi connectivity index (χ2n) is 2.09. The van der Waals surface area contributed by atoms with Gasteiger partial charge in [-0.3, -0.25) is 9.78 Å². The summed E-state index contributed by atoms with van der Waals surface area (Å²) in [5.74, 6) is 0.906. The number of hydrogen-bond donors (Lipinski definition) is 1. The summed E-state index contributed by atoms with van der Waals surface area (Å²) in [5.41, 5.74) is 0.464. The predicted molar refractivity (Wildman–Crippen MR) is 59.2 cm³/mol. The largest absolute Gasteiger partial charge is 0.400 e. The summed E-state index contributed by atoms with van der Waals surface area (Å²) in [6.07, 6.45) is 2.22. The summed E-state index contributed by atoms with van der Waals surface area (Å²) in [5, 5.41) is 7.57. The maximum atomic E-state index is 10.5. The van der Waals surface area contributed by atoms with Crippen molar-refractivity contribution in [3.05, 3.63) is 23.0 Å². The molecule has 1 aromatic heterocycles. The van der Waals surface area contributed by atoms with Crippen LogP contribution in [0.5, 0.6) is 0 Å².